The first-order chi connectivity index (χ1) is 15.0. The second-order valence-electron chi connectivity index (χ2n) is 7.68. The van der Waals surface area contributed by atoms with Crippen LogP contribution < -0.4 is 11.1 Å². The molecule has 0 aromatic heterocycles. The summed E-state index contributed by atoms with van der Waals surface area (Å²) >= 11 is 0. The van der Waals surface area contributed by atoms with Gasteiger partial charge in [0.2, 0.25) is 11.8 Å². The molecule has 1 aromatic rings. The van der Waals surface area contributed by atoms with E-state index in [-0.39, 0.29) is 48.8 Å². The maximum absolute atomic E-state index is 12.9. The number of carbonyl (C=O) groups excluding carboxylic acids is 5. The summed E-state index contributed by atoms with van der Waals surface area (Å²) in [6, 6.07) is 3.04. The number of rotatable bonds is 10. The van der Waals surface area contributed by atoms with E-state index in [0.29, 0.717) is 10.6 Å². The zero-order valence-electron chi connectivity index (χ0n) is 18.1. The van der Waals surface area contributed by atoms with Gasteiger partial charge < -0.3 is 16.2 Å². The summed E-state index contributed by atoms with van der Waals surface area (Å²) in [5.41, 5.74) is 5.75. The normalized spacial score (nSPS) is 13.7. The van der Waals surface area contributed by atoms with Crippen molar-refractivity contribution in [3.8, 4) is 0 Å². The number of ketones is 1. The number of fused-ring (bicyclic) bond motifs is 1. The minimum absolute atomic E-state index is 0.0273. The summed E-state index contributed by atoms with van der Waals surface area (Å²) in [6.45, 7) is 4.36. The number of nitrogens with one attached hydrogen (secondary N) is 1. The summed E-state index contributed by atoms with van der Waals surface area (Å²) < 4.78 is 0. The highest BCUT2D eigenvalue weighted by Crippen LogP contribution is 2.26. The van der Waals surface area contributed by atoms with Gasteiger partial charge in [0.25, 0.3) is 11.8 Å². The molecule has 11 nitrogen and oxygen atoms in total. The van der Waals surface area contributed by atoms with E-state index in [2.05, 4.69) is 5.32 Å². The number of carbonyl (C=O) groups is 6. The van der Waals surface area contributed by atoms with Crippen LogP contribution in [0.3, 0.4) is 0 Å². The number of Topliss-reactive ketones (excluding diaryl/α,β-unsaturated/α-hetero) is 1. The third-order valence-electron chi connectivity index (χ3n) is 4.92. The molecule has 1 aromatic carbocycles. The topological polar surface area (TPSA) is 167 Å². The maximum atomic E-state index is 12.9. The van der Waals surface area contributed by atoms with E-state index < -0.39 is 35.6 Å². The summed E-state index contributed by atoms with van der Waals surface area (Å²) in [5, 5.41) is 12.8. The van der Waals surface area contributed by atoms with Crippen molar-refractivity contribution in [2.24, 2.45) is 11.7 Å². The number of carboxylic acids is 1. The second-order valence-corrected chi connectivity index (χ2v) is 7.68. The Morgan fingerprint density at radius 3 is 2.31 bits per heavy atom. The minimum Gasteiger partial charge on any atom is -0.480 e. The Bertz CT molecular complexity index is 973. The first kappa shape index (κ1) is 24.7. The van der Waals surface area contributed by atoms with Gasteiger partial charge in [-0.2, -0.15) is 5.01 Å². The summed E-state index contributed by atoms with van der Waals surface area (Å²) in [4.78, 5) is 72.6. The molecule has 1 aliphatic rings. The number of hydrogen-bond acceptors (Lipinski definition) is 7. The molecule has 4 N–H and O–H groups in total. The Hall–Kier alpha value is -3.60. The molecule has 1 aliphatic heterocycles. The Balaban J connectivity index is 2.08. The first-order valence-electron chi connectivity index (χ1n) is 10.1. The molecule has 0 radical (unpaired) electrons. The van der Waals surface area contributed by atoms with Gasteiger partial charge in [-0.3, -0.25) is 28.8 Å². The van der Waals surface area contributed by atoms with Crippen molar-refractivity contribution < 1.29 is 33.9 Å². The van der Waals surface area contributed by atoms with Crippen molar-refractivity contribution in [1.29, 1.82) is 0 Å². The van der Waals surface area contributed by atoms with Crippen LogP contribution in [-0.2, 0) is 14.4 Å². The highest BCUT2D eigenvalue weighted by molar-refractivity contribution is 6.22. The smallest absolute Gasteiger partial charge is 0.320 e. The Morgan fingerprint density at radius 2 is 1.75 bits per heavy atom. The monoisotopic (exact) mass is 446 g/mol. The van der Waals surface area contributed by atoms with Crippen molar-refractivity contribution in [2.75, 3.05) is 13.1 Å². The van der Waals surface area contributed by atoms with Gasteiger partial charge in [0.1, 0.15) is 6.04 Å². The van der Waals surface area contributed by atoms with Crippen molar-refractivity contribution >= 4 is 35.4 Å². The van der Waals surface area contributed by atoms with E-state index in [1.807, 2.05) is 0 Å². The molecular formula is C21H26N4O7. The Morgan fingerprint density at radius 1 is 1.12 bits per heavy atom. The average Bonchev–Trinajstić information content (AvgIpc) is 2.98. The molecule has 172 valence electrons. The van der Waals surface area contributed by atoms with Gasteiger partial charge in [0.05, 0.1) is 17.7 Å². The molecule has 0 aliphatic carbocycles. The fourth-order valence-corrected chi connectivity index (χ4v) is 3.13. The van der Waals surface area contributed by atoms with Gasteiger partial charge in [-0.25, -0.2) is 5.01 Å². The molecular weight excluding hydrogens is 420 g/mol. The predicted octanol–water partition coefficient (Wildman–Crippen LogP) is 0.193. The van der Waals surface area contributed by atoms with E-state index >= 15 is 0 Å². The lowest BCUT2D eigenvalue weighted by Crippen LogP contribution is -2.51. The predicted molar refractivity (Wildman–Crippen MR) is 111 cm³/mol. The van der Waals surface area contributed by atoms with Crippen molar-refractivity contribution in [3.05, 3.63) is 34.9 Å². The molecule has 0 unspecified atom stereocenters. The summed E-state index contributed by atoms with van der Waals surface area (Å²) in [7, 11) is 0. The molecule has 2 rings (SSSR count). The highest BCUT2D eigenvalue weighted by atomic mass is 16.4. The number of nitrogens with two attached hydrogens (primary N) is 1. The lowest BCUT2D eigenvalue weighted by molar-refractivity contribution is -0.140. The van der Waals surface area contributed by atoms with Crippen LogP contribution >= 0.6 is 0 Å². The first-order valence-corrected chi connectivity index (χ1v) is 10.1. The molecule has 32 heavy (non-hydrogen) atoms. The van der Waals surface area contributed by atoms with Crippen LogP contribution in [0.2, 0.25) is 0 Å². The van der Waals surface area contributed by atoms with E-state index in [0.717, 1.165) is 5.01 Å². The lowest BCUT2D eigenvalue weighted by Gasteiger charge is -2.28. The molecule has 0 fully saturated rings. The summed E-state index contributed by atoms with van der Waals surface area (Å²) in [6.07, 6.45) is -0.194. The lowest BCUT2D eigenvalue weighted by atomic mass is 9.97. The Kier molecular flexibility index (Phi) is 7.82. The molecule has 0 spiro atoms. The number of nitrogens with zero attached hydrogens (tertiary/aromatic N) is 2. The Labute approximate surface area is 184 Å². The molecule has 0 saturated heterocycles. The number of carboxylic acid groups (broad SMARTS) is 1. The molecule has 1 atom stereocenters. The molecule has 1 heterocycles. The summed E-state index contributed by atoms with van der Waals surface area (Å²) in [5.74, 6) is -4.21. The van der Waals surface area contributed by atoms with Crippen LogP contribution in [0.1, 0.15) is 64.7 Å². The minimum atomic E-state index is -1.22. The van der Waals surface area contributed by atoms with Crippen LogP contribution in [0, 0.1) is 5.92 Å². The SMILES string of the molecule is CC(=O)N(CCNC(=O)CC[C@@H](N)C(=O)O)N1C(=O)c2ccc(C(=O)C(C)C)cc2C1=O. The zero-order valence-corrected chi connectivity index (χ0v) is 18.1. The van der Waals surface area contributed by atoms with Crippen molar-refractivity contribution in [2.45, 2.75) is 39.7 Å². The van der Waals surface area contributed by atoms with E-state index in [1.165, 1.54) is 25.1 Å². The fraction of sp³-hybridized carbons (Fsp3) is 0.429. The molecule has 4 amide bonds. The zero-order chi connectivity index (χ0) is 24.2. The van der Waals surface area contributed by atoms with Gasteiger partial charge in [0.15, 0.2) is 5.78 Å². The third-order valence-corrected chi connectivity index (χ3v) is 4.92. The third kappa shape index (κ3) is 5.35. The van der Waals surface area contributed by atoms with Crippen LogP contribution in [0.15, 0.2) is 18.2 Å². The second kappa shape index (κ2) is 10.1. The molecule has 11 heteroatoms. The van der Waals surface area contributed by atoms with Crippen molar-refractivity contribution in [1.82, 2.24) is 15.3 Å². The van der Waals surface area contributed by atoms with Gasteiger partial charge in [0, 0.05) is 31.4 Å². The number of hydrogen-bond donors (Lipinski definition) is 3. The van der Waals surface area contributed by atoms with Crippen molar-refractivity contribution in [3.63, 3.8) is 0 Å². The number of amides is 4. The van der Waals surface area contributed by atoms with E-state index in [4.69, 9.17) is 10.8 Å². The van der Waals surface area contributed by atoms with E-state index in [9.17, 15) is 28.8 Å². The fourth-order valence-electron chi connectivity index (χ4n) is 3.13. The van der Waals surface area contributed by atoms with Gasteiger partial charge >= 0.3 is 5.97 Å². The van der Waals surface area contributed by atoms with Gasteiger partial charge in [-0.05, 0) is 18.6 Å². The van der Waals surface area contributed by atoms with Crippen LogP contribution in [-0.4, -0.2) is 69.6 Å². The van der Waals surface area contributed by atoms with Crippen LogP contribution in [0.25, 0.3) is 0 Å². The number of benzene rings is 1. The van der Waals surface area contributed by atoms with Gasteiger partial charge in [-0.1, -0.05) is 19.9 Å². The number of aliphatic carboxylic acids is 1. The van der Waals surface area contributed by atoms with Gasteiger partial charge in [-0.15, -0.1) is 0 Å². The molecule has 0 bridgehead atoms. The quantitative estimate of drug-likeness (QED) is 0.338. The van der Waals surface area contributed by atoms with E-state index in [1.54, 1.807) is 13.8 Å². The standard InChI is InChI=1S/C21H26N4O7/c1-11(2)18(28)13-4-5-14-15(10-13)20(30)25(19(14)29)24(12(3)26)9-8-23-17(27)7-6-16(22)21(31)32/h4-5,10-11,16H,6-9,22H2,1-3H3,(H,23,27)(H,31,32)/t16-/m1/s1. The number of hydrazine groups is 1. The van der Waals surface area contributed by atoms with Crippen LogP contribution in [0.4, 0.5) is 0 Å². The molecule has 0 saturated carbocycles. The highest BCUT2D eigenvalue weighted by Gasteiger charge is 2.41. The largest absolute Gasteiger partial charge is 0.480 e. The van der Waals surface area contributed by atoms with Crippen LogP contribution in [0.5, 0.6) is 0 Å². The average molecular weight is 446 g/mol. The maximum Gasteiger partial charge on any atom is 0.320 e. The number of imide groups is 1.